The van der Waals surface area contributed by atoms with Crippen LogP contribution in [0.25, 0.3) is 11.3 Å². The number of H-pyrrole nitrogens is 1. The number of aromatic carboxylic acids is 1. The molecule has 2 aromatic heterocycles. The minimum Gasteiger partial charge on any atom is -0.477 e. The Hall–Kier alpha value is -1.73. The van der Waals surface area contributed by atoms with E-state index in [2.05, 4.69) is 14.6 Å². The molecule has 1 atom stereocenters. The van der Waals surface area contributed by atoms with Gasteiger partial charge in [-0.05, 0) is 11.5 Å². The van der Waals surface area contributed by atoms with Gasteiger partial charge in [-0.2, -0.15) is 5.10 Å². The molecular weight excluding hydrogens is 228 g/mol. The van der Waals surface area contributed by atoms with E-state index >= 15 is 0 Å². The van der Waals surface area contributed by atoms with Crippen molar-refractivity contribution in [3.63, 3.8) is 0 Å². The Kier molecular flexibility index (Phi) is 1.86. The van der Waals surface area contributed by atoms with Crippen LogP contribution in [-0.4, -0.2) is 25.6 Å². The third-order valence-electron chi connectivity index (χ3n) is 2.69. The highest BCUT2D eigenvalue weighted by Gasteiger charge is 2.31. The number of hydrogen-bond donors (Lipinski definition) is 3. The monoisotopic (exact) mass is 236 g/mol. The van der Waals surface area contributed by atoms with Crippen molar-refractivity contribution in [2.24, 2.45) is 5.73 Å². The maximum atomic E-state index is 11.0. The first-order valence-electron chi connectivity index (χ1n) is 4.69. The summed E-state index contributed by atoms with van der Waals surface area (Å²) < 4.78 is 4.08. The summed E-state index contributed by atoms with van der Waals surface area (Å²) in [5, 5.41) is 15.6. The van der Waals surface area contributed by atoms with Crippen molar-refractivity contribution >= 4 is 17.5 Å². The summed E-state index contributed by atoms with van der Waals surface area (Å²) in [4.78, 5) is 12.0. The van der Waals surface area contributed by atoms with E-state index < -0.39 is 5.97 Å². The fourth-order valence-corrected chi connectivity index (χ4v) is 2.77. The van der Waals surface area contributed by atoms with Crippen molar-refractivity contribution in [2.45, 2.75) is 12.5 Å². The van der Waals surface area contributed by atoms with E-state index in [9.17, 15) is 4.79 Å². The first-order valence-corrected chi connectivity index (χ1v) is 5.47. The van der Waals surface area contributed by atoms with Gasteiger partial charge in [0.15, 0.2) is 0 Å². The van der Waals surface area contributed by atoms with Crippen LogP contribution in [0.3, 0.4) is 0 Å². The van der Waals surface area contributed by atoms with Crippen molar-refractivity contribution in [1.29, 1.82) is 0 Å². The van der Waals surface area contributed by atoms with E-state index in [0.29, 0.717) is 17.7 Å². The van der Waals surface area contributed by atoms with Crippen molar-refractivity contribution in [3.05, 3.63) is 22.3 Å². The minimum atomic E-state index is -1.03. The van der Waals surface area contributed by atoms with Crippen molar-refractivity contribution in [3.8, 4) is 11.3 Å². The van der Waals surface area contributed by atoms with Gasteiger partial charge >= 0.3 is 5.97 Å². The molecule has 0 radical (unpaired) electrons. The molecule has 0 spiro atoms. The fourth-order valence-electron chi connectivity index (χ4n) is 1.99. The summed E-state index contributed by atoms with van der Waals surface area (Å²) in [6.45, 7) is 0. The first-order chi connectivity index (χ1) is 7.68. The fraction of sp³-hybridized carbons (Fsp3) is 0.222. The van der Waals surface area contributed by atoms with Gasteiger partial charge in [-0.3, -0.25) is 5.10 Å². The van der Waals surface area contributed by atoms with Gasteiger partial charge in [0.25, 0.3) is 0 Å². The number of nitrogens with zero attached hydrogens (tertiary/aromatic N) is 2. The lowest BCUT2D eigenvalue weighted by Gasteiger charge is -2.17. The van der Waals surface area contributed by atoms with Crippen molar-refractivity contribution in [2.75, 3.05) is 0 Å². The predicted molar refractivity (Wildman–Crippen MR) is 57.3 cm³/mol. The summed E-state index contributed by atoms with van der Waals surface area (Å²) in [6, 6.07) is -0.326. The largest absolute Gasteiger partial charge is 0.477 e. The zero-order valence-electron chi connectivity index (χ0n) is 8.10. The Balaban J connectivity index is 2.27. The van der Waals surface area contributed by atoms with Gasteiger partial charge < -0.3 is 10.8 Å². The Morgan fingerprint density at radius 1 is 1.69 bits per heavy atom. The summed E-state index contributed by atoms with van der Waals surface area (Å²) in [6.07, 6.45) is 2.32. The summed E-state index contributed by atoms with van der Waals surface area (Å²) in [7, 11) is 0. The molecule has 1 aliphatic rings. The average molecular weight is 236 g/mol. The number of aromatic amines is 1. The Morgan fingerprint density at radius 3 is 3.25 bits per heavy atom. The van der Waals surface area contributed by atoms with Gasteiger partial charge in [-0.25, -0.2) is 9.17 Å². The Bertz CT molecular complexity index is 574. The van der Waals surface area contributed by atoms with Crippen LogP contribution >= 0.6 is 11.5 Å². The molecule has 4 N–H and O–H groups in total. The molecular formula is C9H8N4O2S. The molecule has 1 aliphatic carbocycles. The second-order valence-electron chi connectivity index (χ2n) is 3.64. The summed E-state index contributed by atoms with van der Waals surface area (Å²) in [5.74, 6) is -1.03. The zero-order valence-corrected chi connectivity index (χ0v) is 8.91. The van der Waals surface area contributed by atoms with Gasteiger partial charge in [-0.1, -0.05) is 0 Å². The molecule has 82 valence electrons. The highest BCUT2D eigenvalue weighted by molar-refractivity contribution is 7.06. The Labute approximate surface area is 94.3 Å². The minimum absolute atomic E-state index is 0.0827. The second kappa shape index (κ2) is 3.13. The molecule has 0 aliphatic heterocycles. The Morgan fingerprint density at radius 2 is 2.50 bits per heavy atom. The smallest absolute Gasteiger partial charge is 0.354 e. The molecule has 0 saturated heterocycles. The van der Waals surface area contributed by atoms with Crippen LogP contribution in [0.2, 0.25) is 0 Å². The van der Waals surface area contributed by atoms with E-state index in [1.165, 1.54) is 11.5 Å². The molecule has 0 bridgehead atoms. The van der Waals surface area contributed by atoms with Crippen LogP contribution in [0.5, 0.6) is 0 Å². The van der Waals surface area contributed by atoms with Crippen molar-refractivity contribution in [1.82, 2.24) is 14.6 Å². The molecule has 1 unspecified atom stereocenters. The number of carboxylic acid groups (broad SMARTS) is 1. The lowest BCUT2D eigenvalue weighted by Crippen LogP contribution is -2.19. The predicted octanol–water partition coefficient (Wildman–Crippen LogP) is 0.787. The second-order valence-corrected chi connectivity index (χ2v) is 4.53. The number of aromatic nitrogens is 3. The van der Waals surface area contributed by atoms with E-state index in [1.54, 1.807) is 6.20 Å². The quantitative estimate of drug-likeness (QED) is 0.678. The topological polar surface area (TPSA) is 105 Å². The van der Waals surface area contributed by atoms with Gasteiger partial charge in [-0.15, -0.1) is 0 Å². The number of rotatable bonds is 1. The van der Waals surface area contributed by atoms with E-state index in [4.69, 9.17) is 10.8 Å². The van der Waals surface area contributed by atoms with Gasteiger partial charge in [0, 0.05) is 28.5 Å². The van der Waals surface area contributed by atoms with Crippen LogP contribution < -0.4 is 5.73 Å². The standard InChI is InChI=1S/C9H8N4O2S/c10-4-1-5-3(2-11-16-5)7-6(4)8(9(14)15)13-12-7/h2,4H,1,10H2,(H,12,13)(H,14,15). The summed E-state index contributed by atoms with van der Waals surface area (Å²) in [5.41, 5.74) is 8.14. The van der Waals surface area contributed by atoms with Crippen LogP contribution in [0, 0.1) is 0 Å². The molecule has 6 nitrogen and oxygen atoms in total. The zero-order chi connectivity index (χ0) is 11.3. The maximum Gasteiger partial charge on any atom is 0.354 e. The first kappa shape index (κ1) is 9.49. The molecule has 0 fully saturated rings. The molecule has 2 heterocycles. The molecule has 0 saturated carbocycles. The van der Waals surface area contributed by atoms with Gasteiger partial charge in [0.2, 0.25) is 0 Å². The number of carbonyl (C=O) groups is 1. The number of nitrogens with two attached hydrogens (primary N) is 1. The van der Waals surface area contributed by atoms with Crippen molar-refractivity contribution < 1.29 is 9.90 Å². The molecule has 2 aromatic rings. The van der Waals surface area contributed by atoms with Crippen LogP contribution in [0.4, 0.5) is 0 Å². The van der Waals surface area contributed by atoms with Crippen LogP contribution in [0.1, 0.15) is 27.0 Å². The number of fused-ring (bicyclic) bond motifs is 3. The number of carboxylic acids is 1. The molecule has 3 rings (SSSR count). The number of hydrogen-bond acceptors (Lipinski definition) is 5. The van der Waals surface area contributed by atoms with Gasteiger partial charge in [0.1, 0.15) is 11.4 Å². The van der Waals surface area contributed by atoms with Crippen LogP contribution in [0.15, 0.2) is 6.20 Å². The highest BCUT2D eigenvalue weighted by atomic mass is 32.1. The lowest BCUT2D eigenvalue weighted by atomic mass is 9.91. The van der Waals surface area contributed by atoms with E-state index in [0.717, 1.165) is 10.4 Å². The average Bonchev–Trinajstić information content (AvgIpc) is 2.80. The third-order valence-corrected chi connectivity index (χ3v) is 3.51. The summed E-state index contributed by atoms with van der Waals surface area (Å²) >= 11 is 1.38. The maximum absolute atomic E-state index is 11.0. The third kappa shape index (κ3) is 1.12. The molecule has 0 aromatic carbocycles. The SMILES string of the molecule is NC1Cc2sncc2-c2n[nH]c(C(=O)O)c21. The van der Waals surface area contributed by atoms with E-state index in [-0.39, 0.29) is 11.7 Å². The molecule has 16 heavy (non-hydrogen) atoms. The lowest BCUT2D eigenvalue weighted by molar-refractivity contribution is 0.0688. The molecule has 0 amide bonds. The highest BCUT2D eigenvalue weighted by Crippen LogP contribution is 2.39. The number of nitrogens with one attached hydrogen (secondary N) is 1. The molecule has 7 heteroatoms. The van der Waals surface area contributed by atoms with Crippen LogP contribution in [-0.2, 0) is 6.42 Å². The van der Waals surface area contributed by atoms with Gasteiger partial charge in [0.05, 0.1) is 6.20 Å². The normalized spacial score (nSPS) is 17.9. The van der Waals surface area contributed by atoms with E-state index in [1.807, 2.05) is 0 Å².